The predicted molar refractivity (Wildman–Crippen MR) is 82.2 cm³/mol. The van der Waals surface area contributed by atoms with Crippen LogP contribution in [0.3, 0.4) is 0 Å². The maximum atomic E-state index is 5.67. The quantitative estimate of drug-likeness (QED) is 0.902. The molecule has 0 radical (unpaired) electrons. The number of benzene rings is 2. The molecule has 0 aromatic heterocycles. The van der Waals surface area contributed by atoms with Crippen LogP contribution in [0.25, 0.3) is 0 Å². The number of aryl methyl sites for hydroxylation is 1. The Balaban J connectivity index is 2.25. The summed E-state index contributed by atoms with van der Waals surface area (Å²) in [7, 11) is 0. The van der Waals surface area contributed by atoms with Gasteiger partial charge in [-0.3, -0.25) is 0 Å². The molecule has 0 atom stereocenters. The number of hydrogen-bond acceptors (Lipinski definition) is 2. The van der Waals surface area contributed by atoms with E-state index in [9.17, 15) is 0 Å². The fourth-order valence-electron chi connectivity index (χ4n) is 1.73. The maximum absolute atomic E-state index is 5.67. The first-order valence-corrected chi connectivity index (χ1v) is 7.53. The van der Waals surface area contributed by atoms with Crippen molar-refractivity contribution in [3.8, 4) is 0 Å². The molecular weight excluding hydrogens is 306 g/mol. The average Bonchev–Trinajstić information content (AvgIpc) is 2.36. The van der Waals surface area contributed by atoms with E-state index >= 15 is 0 Å². The Morgan fingerprint density at radius 3 is 2.50 bits per heavy atom. The fourth-order valence-corrected chi connectivity index (χ4v) is 3.09. The van der Waals surface area contributed by atoms with E-state index in [0.717, 1.165) is 10.9 Å². The van der Waals surface area contributed by atoms with Gasteiger partial charge in [0.2, 0.25) is 0 Å². The van der Waals surface area contributed by atoms with Crippen LogP contribution in [0.4, 0.5) is 0 Å². The van der Waals surface area contributed by atoms with Crippen LogP contribution in [0, 0.1) is 6.92 Å². The van der Waals surface area contributed by atoms with Crippen molar-refractivity contribution in [3.63, 3.8) is 0 Å². The van der Waals surface area contributed by atoms with E-state index in [1.165, 1.54) is 20.9 Å². The Morgan fingerprint density at radius 2 is 1.83 bits per heavy atom. The van der Waals surface area contributed by atoms with Crippen LogP contribution in [0.2, 0.25) is 0 Å². The van der Waals surface area contributed by atoms with E-state index in [-0.39, 0.29) is 0 Å². The van der Waals surface area contributed by atoms with Crippen LogP contribution in [0.1, 0.15) is 11.1 Å². The van der Waals surface area contributed by atoms with Gasteiger partial charge in [-0.05, 0) is 55.8 Å². The van der Waals surface area contributed by atoms with Gasteiger partial charge in [-0.1, -0.05) is 45.4 Å². The van der Waals surface area contributed by atoms with Crippen molar-refractivity contribution >= 4 is 27.7 Å². The lowest BCUT2D eigenvalue weighted by Crippen LogP contribution is -2.03. The first kappa shape index (κ1) is 13.7. The Hall–Kier alpha value is -0.770. The molecule has 0 bridgehead atoms. The summed E-state index contributed by atoms with van der Waals surface area (Å²) in [6.45, 7) is 2.78. The van der Waals surface area contributed by atoms with Gasteiger partial charge in [0, 0.05) is 14.3 Å². The van der Waals surface area contributed by atoms with E-state index in [1.807, 2.05) is 0 Å². The van der Waals surface area contributed by atoms with E-state index in [0.29, 0.717) is 6.54 Å². The topological polar surface area (TPSA) is 26.0 Å². The van der Waals surface area contributed by atoms with Crippen molar-refractivity contribution in [2.45, 2.75) is 23.1 Å². The Kier molecular flexibility index (Phi) is 4.87. The SMILES string of the molecule is Cc1ccc(Sc2ccc(Br)cc2CCN)cc1. The molecule has 0 spiro atoms. The van der Waals surface area contributed by atoms with Crippen LogP contribution in [-0.4, -0.2) is 6.54 Å². The molecule has 1 nitrogen and oxygen atoms in total. The molecule has 0 aliphatic heterocycles. The first-order valence-electron chi connectivity index (χ1n) is 5.92. The molecule has 0 saturated heterocycles. The van der Waals surface area contributed by atoms with Crippen molar-refractivity contribution in [2.24, 2.45) is 5.73 Å². The summed E-state index contributed by atoms with van der Waals surface area (Å²) in [5, 5.41) is 0. The lowest BCUT2D eigenvalue weighted by atomic mass is 10.1. The zero-order chi connectivity index (χ0) is 13.0. The fraction of sp³-hybridized carbons (Fsp3) is 0.200. The molecule has 3 heteroatoms. The molecule has 2 aromatic carbocycles. The largest absolute Gasteiger partial charge is 0.330 e. The molecule has 0 fully saturated rings. The lowest BCUT2D eigenvalue weighted by Gasteiger charge is -2.09. The normalized spacial score (nSPS) is 10.6. The summed E-state index contributed by atoms with van der Waals surface area (Å²) < 4.78 is 1.11. The van der Waals surface area contributed by atoms with Crippen LogP contribution in [-0.2, 0) is 6.42 Å². The van der Waals surface area contributed by atoms with Crippen molar-refractivity contribution in [1.29, 1.82) is 0 Å². The third kappa shape index (κ3) is 3.61. The Morgan fingerprint density at radius 1 is 1.11 bits per heavy atom. The van der Waals surface area contributed by atoms with Gasteiger partial charge in [-0.25, -0.2) is 0 Å². The molecule has 0 heterocycles. The molecule has 0 unspecified atom stereocenters. The van der Waals surface area contributed by atoms with Gasteiger partial charge in [-0.2, -0.15) is 0 Å². The molecule has 0 amide bonds. The molecule has 0 saturated carbocycles. The molecular formula is C15H16BrNS. The summed E-state index contributed by atoms with van der Waals surface area (Å²) in [6, 6.07) is 15.0. The second kappa shape index (κ2) is 6.41. The Bertz CT molecular complexity index is 523. The van der Waals surface area contributed by atoms with Gasteiger partial charge in [0.25, 0.3) is 0 Å². The van der Waals surface area contributed by atoms with Crippen molar-refractivity contribution in [3.05, 3.63) is 58.1 Å². The summed E-state index contributed by atoms with van der Waals surface area (Å²) in [4.78, 5) is 2.55. The van der Waals surface area contributed by atoms with Gasteiger partial charge < -0.3 is 5.73 Å². The highest BCUT2D eigenvalue weighted by molar-refractivity contribution is 9.10. The minimum absolute atomic E-state index is 0.678. The van der Waals surface area contributed by atoms with Gasteiger partial charge in [0.15, 0.2) is 0 Å². The predicted octanol–water partition coefficient (Wildman–Crippen LogP) is 4.41. The number of nitrogens with two attached hydrogens (primary N) is 1. The molecule has 2 N–H and O–H groups in total. The monoisotopic (exact) mass is 321 g/mol. The van der Waals surface area contributed by atoms with Gasteiger partial charge in [0.05, 0.1) is 0 Å². The highest BCUT2D eigenvalue weighted by Crippen LogP contribution is 2.32. The average molecular weight is 322 g/mol. The van der Waals surface area contributed by atoms with Gasteiger partial charge >= 0.3 is 0 Å². The molecule has 18 heavy (non-hydrogen) atoms. The molecule has 94 valence electrons. The van der Waals surface area contributed by atoms with Crippen molar-refractivity contribution in [1.82, 2.24) is 0 Å². The van der Waals surface area contributed by atoms with Crippen LogP contribution < -0.4 is 5.73 Å². The van der Waals surface area contributed by atoms with Crippen LogP contribution in [0.5, 0.6) is 0 Å². The van der Waals surface area contributed by atoms with E-state index in [1.54, 1.807) is 11.8 Å². The van der Waals surface area contributed by atoms with Crippen LogP contribution >= 0.6 is 27.7 Å². The second-order valence-electron chi connectivity index (χ2n) is 4.21. The minimum atomic E-state index is 0.678. The van der Waals surface area contributed by atoms with Gasteiger partial charge in [0.1, 0.15) is 0 Å². The molecule has 2 rings (SSSR count). The van der Waals surface area contributed by atoms with E-state index < -0.39 is 0 Å². The second-order valence-corrected chi connectivity index (χ2v) is 6.24. The summed E-state index contributed by atoms with van der Waals surface area (Å²) in [5.74, 6) is 0. The third-order valence-electron chi connectivity index (χ3n) is 2.69. The smallest absolute Gasteiger partial charge is 0.0178 e. The van der Waals surface area contributed by atoms with Crippen molar-refractivity contribution in [2.75, 3.05) is 6.54 Å². The van der Waals surface area contributed by atoms with Crippen LogP contribution in [0.15, 0.2) is 56.7 Å². The number of hydrogen-bond donors (Lipinski definition) is 1. The zero-order valence-corrected chi connectivity index (χ0v) is 12.7. The summed E-state index contributed by atoms with van der Waals surface area (Å²) >= 11 is 5.31. The minimum Gasteiger partial charge on any atom is -0.330 e. The van der Waals surface area contributed by atoms with Crippen molar-refractivity contribution < 1.29 is 0 Å². The highest BCUT2D eigenvalue weighted by Gasteiger charge is 2.05. The number of rotatable bonds is 4. The molecule has 0 aliphatic rings. The zero-order valence-electron chi connectivity index (χ0n) is 10.3. The van der Waals surface area contributed by atoms with E-state index in [4.69, 9.17) is 5.73 Å². The first-order chi connectivity index (χ1) is 8.69. The maximum Gasteiger partial charge on any atom is 0.0178 e. The Labute approximate surface area is 121 Å². The van der Waals surface area contributed by atoms with E-state index in [2.05, 4.69) is 65.3 Å². The molecule has 2 aromatic rings. The number of halogens is 1. The summed E-state index contributed by atoms with van der Waals surface area (Å²) in [6.07, 6.45) is 0.910. The molecule has 0 aliphatic carbocycles. The third-order valence-corrected chi connectivity index (χ3v) is 4.30. The lowest BCUT2D eigenvalue weighted by molar-refractivity contribution is 0.943. The highest BCUT2D eigenvalue weighted by atomic mass is 79.9. The van der Waals surface area contributed by atoms with Gasteiger partial charge in [-0.15, -0.1) is 0 Å². The standard InChI is InChI=1S/C15H16BrNS/c1-11-2-5-14(6-3-11)18-15-7-4-13(16)10-12(15)8-9-17/h2-7,10H,8-9,17H2,1H3. The summed E-state index contributed by atoms with van der Waals surface area (Å²) in [5.41, 5.74) is 8.26.